The molecule has 1 aliphatic heterocycles. The average Bonchev–Trinajstić information content (AvgIpc) is 3.14. The second-order valence-corrected chi connectivity index (χ2v) is 6.74. The third-order valence-electron chi connectivity index (χ3n) is 5.11. The van der Waals surface area contributed by atoms with Crippen LogP contribution in [0.5, 0.6) is 0 Å². The van der Waals surface area contributed by atoms with E-state index in [0.29, 0.717) is 5.92 Å². The summed E-state index contributed by atoms with van der Waals surface area (Å²) in [6, 6.07) is 6.61. The third kappa shape index (κ3) is 3.38. The van der Waals surface area contributed by atoms with Gasteiger partial charge in [0.25, 0.3) is 5.69 Å². The lowest BCUT2D eigenvalue weighted by atomic mass is 9.92. The number of piperidine rings is 1. The number of nitrogens with one attached hydrogen (secondary N) is 1. The Bertz CT molecular complexity index is 962. The summed E-state index contributed by atoms with van der Waals surface area (Å²) in [5.41, 5.74) is 3.92. The van der Waals surface area contributed by atoms with E-state index in [2.05, 4.69) is 31.8 Å². The first-order chi connectivity index (χ1) is 13.1. The Kier molecular flexibility index (Phi) is 4.53. The van der Waals surface area contributed by atoms with Crippen LogP contribution >= 0.6 is 0 Å². The first kappa shape index (κ1) is 17.1. The lowest BCUT2D eigenvalue weighted by Gasteiger charge is -2.33. The van der Waals surface area contributed by atoms with Crippen LogP contribution in [-0.4, -0.2) is 37.9 Å². The van der Waals surface area contributed by atoms with Crippen molar-refractivity contribution in [2.45, 2.75) is 25.7 Å². The Morgan fingerprint density at radius 3 is 2.78 bits per heavy atom. The van der Waals surface area contributed by atoms with E-state index in [1.54, 1.807) is 24.7 Å². The number of hydrogen-bond acceptors (Lipinski definition) is 6. The summed E-state index contributed by atoms with van der Waals surface area (Å²) in [6.45, 7) is 3.77. The fraction of sp³-hybridized carbons (Fsp3) is 0.316. The highest BCUT2D eigenvalue weighted by Crippen LogP contribution is 2.35. The number of nitro groups is 1. The van der Waals surface area contributed by atoms with Crippen LogP contribution in [0.2, 0.25) is 0 Å². The highest BCUT2D eigenvalue weighted by molar-refractivity contribution is 5.76. The zero-order valence-corrected chi connectivity index (χ0v) is 15.0. The van der Waals surface area contributed by atoms with Gasteiger partial charge in [-0.25, -0.2) is 15.0 Å². The summed E-state index contributed by atoms with van der Waals surface area (Å²) >= 11 is 0. The molecule has 27 heavy (non-hydrogen) atoms. The second-order valence-electron chi connectivity index (χ2n) is 6.74. The van der Waals surface area contributed by atoms with Crippen molar-refractivity contribution in [1.82, 2.24) is 19.9 Å². The Labute approximate surface area is 156 Å². The molecule has 1 saturated heterocycles. The van der Waals surface area contributed by atoms with Gasteiger partial charge in [-0.15, -0.1) is 0 Å². The van der Waals surface area contributed by atoms with Crippen LogP contribution in [0.1, 0.15) is 30.1 Å². The molecule has 0 aliphatic carbocycles. The van der Waals surface area contributed by atoms with Crippen molar-refractivity contribution in [1.29, 1.82) is 0 Å². The quantitative estimate of drug-likeness (QED) is 0.562. The van der Waals surface area contributed by atoms with Crippen LogP contribution in [0.15, 0.2) is 43.1 Å². The molecule has 0 saturated carbocycles. The molecule has 4 rings (SSSR count). The summed E-state index contributed by atoms with van der Waals surface area (Å²) in [6.07, 6.45) is 6.99. The average molecular weight is 364 g/mol. The predicted molar refractivity (Wildman–Crippen MR) is 102 cm³/mol. The monoisotopic (exact) mass is 364 g/mol. The minimum atomic E-state index is -0.384. The number of aromatic amines is 1. The zero-order valence-electron chi connectivity index (χ0n) is 15.0. The molecular weight excluding hydrogens is 344 g/mol. The van der Waals surface area contributed by atoms with Crippen molar-refractivity contribution in [3.63, 3.8) is 0 Å². The molecule has 8 heteroatoms. The van der Waals surface area contributed by atoms with E-state index in [0.717, 1.165) is 54.3 Å². The Balaban J connectivity index is 1.58. The predicted octanol–water partition coefficient (Wildman–Crippen LogP) is 3.47. The van der Waals surface area contributed by atoms with Gasteiger partial charge < -0.3 is 9.88 Å². The number of non-ortho nitro benzene ring substituents is 1. The maximum absolute atomic E-state index is 11.1. The lowest BCUT2D eigenvalue weighted by molar-refractivity contribution is -0.384. The smallest absolute Gasteiger partial charge is 0.270 e. The van der Waals surface area contributed by atoms with E-state index < -0.39 is 0 Å². The number of nitrogens with zero attached hydrogens (tertiary/aromatic N) is 5. The first-order valence-corrected chi connectivity index (χ1v) is 8.93. The van der Waals surface area contributed by atoms with Gasteiger partial charge in [-0.1, -0.05) is 12.1 Å². The van der Waals surface area contributed by atoms with E-state index in [4.69, 9.17) is 0 Å². The van der Waals surface area contributed by atoms with Gasteiger partial charge in [-0.3, -0.25) is 10.1 Å². The molecule has 0 spiro atoms. The van der Waals surface area contributed by atoms with E-state index in [1.165, 1.54) is 12.4 Å². The molecule has 0 amide bonds. The standard InChI is InChI=1S/C19H20N6O2/c1-13-18(22-12-21-13)14-5-7-24(8-6-14)19-17(10-20-11-23-19)15-3-2-4-16(9-15)25(26)27/h2-4,9-12,14H,5-8H2,1H3,(H,21,22). The van der Waals surface area contributed by atoms with E-state index in [-0.39, 0.29) is 10.6 Å². The highest BCUT2D eigenvalue weighted by atomic mass is 16.6. The minimum Gasteiger partial charge on any atom is -0.356 e. The molecule has 3 heterocycles. The molecule has 8 nitrogen and oxygen atoms in total. The van der Waals surface area contributed by atoms with Crippen LogP contribution < -0.4 is 4.90 Å². The number of aryl methyl sites for hydroxylation is 1. The van der Waals surface area contributed by atoms with Gasteiger partial charge >= 0.3 is 0 Å². The van der Waals surface area contributed by atoms with Crippen molar-refractivity contribution in [3.8, 4) is 11.1 Å². The molecular formula is C19H20N6O2. The topological polar surface area (TPSA) is 101 Å². The van der Waals surface area contributed by atoms with E-state index >= 15 is 0 Å². The number of imidazole rings is 1. The van der Waals surface area contributed by atoms with Crippen LogP contribution in [0.4, 0.5) is 11.5 Å². The molecule has 3 aromatic rings. The number of benzene rings is 1. The van der Waals surface area contributed by atoms with Crippen LogP contribution in [-0.2, 0) is 0 Å². The van der Waals surface area contributed by atoms with Crippen molar-refractivity contribution < 1.29 is 4.92 Å². The van der Waals surface area contributed by atoms with Gasteiger partial charge in [0.15, 0.2) is 0 Å². The minimum absolute atomic E-state index is 0.0648. The van der Waals surface area contributed by atoms with Crippen LogP contribution in [0.25, 0.3) is 11.1 Å². The first-order valence-electron chi connectivity index (χ1n) is 8.93. The van der Waals surface area contributed by atoms with Gasteiger partial charge in [0.1, 0.15) is 12.1 Å². The van der Waals surface area contributed by atoms with Crippen molar-refractivity contribution >= 4 is 11.5 Å². The molecule has 1 fully saturated rings. The van der Waals surface area contributed by atoms with Crippen molar-refractivity contribution in [2.75, 3.05) is 18.0 Å². The number of H-pyrrole nitrogens is 1. The maximum atomic E-state index is 11.1. The van der Waals surface area contributed by atoms with Gasteiger partial charge in [0.2, 0.25) is 0 Å². The Morgan fingerprint density at radius 1 is 1.26 bits per heavy atom. The molecule has 0 unspecified atom stereocenters. The molecule has 138 valence electrons. The van der Waals surface area contributed by atoms with Gasteiger partial charge in [-0.05, 0) is 25.3 Å². The third-order valence-corrected chi connectivity index (χ3v) is 5.11. The van der Waals surface area contributed by atoms with Crippen molar-refractivity contribution in [2.24, 2.45) is 0 Å². The molecule has 2 aromatic heterocycles. The number of hydrogen-bond donors (Lipinski definition) is 1. The van der Waals surface area contributed by atoms with Crippen LogP contribution in [0.3, 0.4) is 0 Å². The Morgan fingerprint density at radius 2 is 2.07 bits per heavy atom. The normalized spacial score (nSPS) is 15.1. The molecule has 0 atom stereocenters. The summed E-state index contributed by atoms with van der Waals surface area (Å²) in [5.74, 6) is 1.26. The fourth-order valence-electron chi connectivity index (χ4n) is 3.71. The lowest BCUT2D eigenvalue weighted by Crippen LogP contribution is -2.34. The number of aromatic nitrogens is 4. The second kappa shape index (κ2) is 7.14. The largest absolute Gasteiger partial charge is 0.356 e. The molecule has 1 aromatic carbocycles. The van der Waals surface area contributed by atoms with E-state index in [9.17, 15) is 10.1 Å². The number of anilines is 1. The number of rotatable bonds is 4. The summed E-state index contributed by atoms with van der Waals surface area (Å²) in [4.78, 5) is 29.2. The summed E-state index contributed by atoms with van der Waals surface area (Å²) in [7, 11) is 0. The Hall–Kier alpha value is -3.29. The zero-order chi connectivity index (χ0) is 18.8. The number of nitro benzene ring substituents is 1. The van der Waals surface area contributed by atoms with E-state index in [1.807, 2.05) is 6.07 Å². The van der Waals surface area contributed by atoms with Crippen LogP contribution in [0, 0.1) is 17.0 Å². The summed E-state index contributed by atoms with van der Waals surface area (Å²) < 4.78 is 0. The van der Waals surface area contributed by atoms with Gasteiger partial charge in [0, 0.05) is 48.6 Å². The van der Waals surface area contributed by atoms with Gasteiger partial charge in [-0.2, -0.15) is 0 Å². The summed E-state index contributed by atoms with van der Waals surface area (Å²) in [5, 5.41) is 11.1. The highest BCUT2D eigenvalue weighted by Gasteiger charge is 2.25. The molecule has 0 radical (unpaired) electrons. The molecule has 0 bridgehead atoms. The molecule has 1 aliphatic rings. The SMILES string of the molecule is Cc1[nH]cnc1C1CCN(c2ncncc2-c2cccc([N+](=O)[O-])c2)CC1. The fourth-order valence-corrected chi connectivity index (χ4v) is 3.71. The maximum Gasteiger partial charge on any atom is 0.270 e. The van der Waals surface area contributed by atoms with Gasteiger partial charge in [0.05, 0.1) is 16.9 Å². The molecule has 1 N–H and O–H groups in total. The van der Waals surface area contributed by atoms with Crippen molar-refractivity contribution in [3.05, 3.63) is 64.6 Å².